The molecule has 62 valence electrons. The first kappa shape index (κ1) is 7.48. The fourth-order valence-corrected chi connectivity index (χ4v) is 1.40. The summed E-state index contributed by atoms with van der Waals surface area (Å²) < 4.78 is 2.00. The Morgan fingerprint density at radius 1 is 1.67 bits per heavy atom. The van der Waals surface area contributed by atoms with Crippen molar-refractivity contribution in [3.63, 3.8) is 0 Å². The van der Waals surface area contributed by atoms with Crippen molar-refractivity contribution in [1.82, 2.24) is 19.8 Å². The molecule has 0 spiro atoms. The van der Waals surface area contributed by atoms with E-state index in [1.54, 1.807) is 6.92 Å². The van der Waals surface area contributed by atoms with Crippen molar-refractivity contribution in [3.05, 3.63) is 26.8 Å². The van der Waals surface area contributed by atoms with Crippen LogP contribution in [0.3, 0.4) is 0 Å². The molecule has 0 atom stereocenters. The summed E-state index contributed by atoms with van der Waals surface area (Å²) in [6.07, 6.45) is 1.31. The van der Waals surface area contributed by atoms with Gasteiger partial charge < -0.3 is 4.98 Å². The quantitative estimate of drug-likeness (QED) is 0.714. The van der Waals surface area contributed by atoms with E-state index in [4.69, 9.17) is 0 Å². The third kappa shape index (κ3) is 0.878. The number of aryl methyl sites for hydroxylation is 1. The van der Waals surface area contributed by atoms with Gasteiger partial charge in [0.1, 0.15) is 6.33 Å². The van der Waals surface area contributed by atoms with Crippen LogP contribution < -0.4 is 5.56 Å². The number of rotatable bonds is 0. The highest BCUT2D eigenvalue weighted by molar-refractivity contribution is 9.10. The zero-order valence-electron chi connectivity index (χ0n) is 6.21. The van der Waals surface area contributed by atoms with E-state index in [0.717, 1.165) is 5.69 Å². The van der Waals surface area contributed by atoms with Gasteiger partial charge in [-0.3, -0.25) is 4.79 Å². The maximum absolute atomic E-state index is 11.2. The van der Waals surface area contributed by atoms with Crippen LogP contribution in [-0.2, 0) is 0 Å². The molecule has 0 aliphatic carbocycles. The van der Waals surface area contributed by atoms with Crippen LogP contribution >= 0.6 is 15.9 Å². The molecule has 2 rings (SSSR count). The van der Waals surface area contributed by atoms with Crippen molar-refractivity contribution in [2.75, 3.05) is 0 Å². The molecule has 0 amide bonds. The van der Waals surface area contributed by atoms with E-state index in [0.29, 0.717) is 9.99 Å². The van der Waals surface area contributed by atoms with Gasteiger partial charge in [0.25, 0.3) is 5.56 Å². The summed E-state index contributed by atoms with van der Waals surface area (Å²) in [6, 6.07) is 0. The van der Waals surface area contributed by atoms with Crippen LogP contribution in [0.4, 0.5) is 0 Å². The maximum Gasteiger partial charge on any atom is 0.278 e. The smallest absolute Gasteiger partial charge is 0.278 e. The van der Waals surface area contributed by atoms with Gasteiger partial charge >= 0.3 is 0 Å². The zero-order chi connectivity index (χ0) is 8.72. The SMILES string of the molecule is Cc1nn2nc[nH]c(=O)c2c1Br. The lowest BCUT2D eigenvalue weighted by Crippen LogP contribution is -2.11. The highest BCUT2D eigenvalue weighted by Gasteiger charge is 2.09. The number of fused-ring (bicyclic) bond motifs is 1. The number of hydrogen-bond acceptors (Lipinski definition) is 3. The molecular formula is C6H5BrN4O. The predicted molar refractivity (Wildman–Crippen MR) is 46.0 cm³/mol. The molecule has 2 aromatic heterocycles. The minimum Gasteiger partial charge on any atom is -0.310 e. The van der Waals surface area contributed by atoms with Crippen molar-refractivity contribution in [2.45, 2.75) is 6.92 Å². The van der Waals surface area contributed by atoms with Crippen molar-refractivity contribution in [2.24, 2.45) is 0 Å². The summed E-state index contributed by atoms with van der Waals surface area (Å²) >= 11 is 3.26. The van der Waals surface area contributed by atoms with Gasteiger partial charge in [-0.2, -0.15) is 5.10 Å². The maximum atomic E-state index is 11.2. The summed E-state index contributed by atoms with van der Waals surface area (Å²) in [5.74, 6) is 0. The monoisotopic (exact) mass is 228 g/mol. The summed E-state index contributed by atoms with van der Waals surface area (Å²) in [4.78, 5) is 13.7. The van der Waals surface area contributed by atoms with Gasteiger partial charge in [0.2, 0.25) is 0 Å². The third-order valence-electron chi connectivity index (χ3n) is 1.55. The van der Waals surface area contributed by atoms with Gasteiger partial charge in [0.15, 0.2) is 5.52 Å². The molecule has 0 aliphatic heterocycles. The molecule has 0 aliphatic rings. The van der Waals surface area contributed by atoms with E-state index in [2.05, 4.69) is 31.1 Å². The summed E-state index contributed by atoms with van der Waals surface area (Å²) in [7, 11) is 0. The fourth-order valence-electron chi connectivity index (χ4n) is 0.980. The van der Waals surface area contributed by atoms with Crippen molar-refractivity contribution >= 4 is 21.4 Å². The molecule has 12 heavy (non-hydrogen) atoms. The van der Waals surface area contributed by atoms with E-state index in [1.807, 2.05) is 0 Å². The molecule has 0 bridgehead atoms. The average molecular weight is 229 g/mol. The molecule has 6 heteroatoms. The van der Waals surface area contributed by atoms with Crippen LogP contribution in [0.5, 0.6) is 0 Å². The molecule has 0 saturated heterocycles. The molecular weight excluding hydrogens is 224 g/mol. The first-order valence-electron chi connectivity index (χ1n) is 3.29. The number of nitrogens with zero attached hydrogens (tertiary/aromatic N) is 3. The van der Waals surface area contributed by atoms with Crippen LogP contribution in [0.15, 0.2) is 15.6 Å². The van der Waals surface area contributed by atoms with E-state index >= 15 is 0 Å². The molecule has 0 saturated carbocycles. The van der Waals surface area contributed by atoms with Gasteiger partial charge in [-0.05, 0) is 22.9 Å². The van der Waals surface area contributed by atoms with E-state index in [9.17, 15) is 4.79 Å². The number of halogens is 1. The first-order chi connectivity index (χ1) is 5.70. The topological polar surface area (TPSA) is 63.1 Å². The number of hydrogen-bond donors (Lipinski definition) is 1. The average Bonchev–Trinajstić information content (AvgIpc) is 2.29. The van der Waals surface area contributed by atoms with Gasteiger partial charge in [-0.1, -0.05) is 0 Å². The second-order valence-electron chi connectivity index (χ2n) is 2.36. The highest BCUT2D eigenvalue weighted by atomic mass is 79.9. The molecule has 1 N–H and O–H groups in total. The van der Waals surface area contributed by atoms with Crippen LogP contribution in [0.25, 0.3) is 5.52 Å². The van der Waals surface area contributed by atoms with Crippen LogP contribution in [-0.4, -0.2) is 19.8 Å². The third-order valence-corrected chi connectivity index (χ3v) is 2.50. The molecule has 0 unspecified atom stereocenters. The number of nitrogens with one attached hydrogen (secondary N) is 1. The lowest BCUT2D eigenvalue weighted by Gasteiger charge is -1.87. The Bertz CT molecular complexity index is 486. The van der Waals surface area contributed by atoms with E-state index in [-0.39, 0.29) is 5.56 Å². The Kier molecular flexibility index (Phi) is 1.50. The summed E-state index contributed by atoms with van der Waals surface area (Å²) in [5, 5.41) is 7.86. The van der Waals surface area contributed by atoms with Crippen molar-refractivity contribution in [1.29, 1.82) is 0 Å². The number of H-pyrrole nitrogens is 1. The molecule has 0 aromatic carbocycles. The predicted octanol–water partition coefficient (Wildman–Crippen LogP) is 0.489. The van der Waals surface area contributed by atoms with Gasteiger partial charge in [-0.15, -0.1) is 9.73 Å². The number of aromatic nitrogens is 4. The normalized spacial score (nSPS) is 10.8. The Morgan fingerprint density at radius 2 is 2.42 bits per heavy atom. The zero-order valence-corrected chi connectivity index (χ0v) is 7.79. The highest BCUT2D eigenvalue weighted by Crippen LogP contribution is 2.16. The Hall–Kier alpha value is -1.17. The Labute approximate surface area is 75.5 Å². The van der Waals surface area contributed by atoms with E-state index < -0.39 is 0 Å². The molecule has 5 nitrogen and oxygen atoms in total. The fraction of sp³-hybridized carbons (Fsp3) is 0.167. The minimum atomic E-state index is -0.197. The summed E-state index contributed by atoms with van der Waals surface area (Å²) in [5.41, 5.74) is 0.992. The van der Waals surface area contributed by atoms with Crippen LogP contribution in [0.2, 0.25) is 0 Å². The molecule has 2 aromatic rings. The van der Waals surface area contributed by atoms with Crippen molar-refractivity contribution < 1.29 is 0 Å². The van der Waals surface area contributed by atoms with Crippen molar-refractivity contribution in [3.8, 4) is 0 Å². The minimum absolute atomic E-state index is 0.197. The van der Waals surface area contributed by atoms with Gasteiger partial charge in [0.05, 0.1) is 10.2 Å². The lowest BCUT2D eigenvalue weighted by molar-refractivity contribution is 0.763. The van der Waals surface area contributed by atoms with Crippen LogP contribution in [0.1, 0.15) is 5.69 Å². The van der Waals surface area contributed by atoms with Gasteiger partial charge in [0, 0.05) is 0 Å². The molecule has 0 fully saturated rings. The first-order valence-corrected chi connectivity index (χ1v) is 4.08. The second-order valence-corrected chi connectivity index (χ2v) is 3.15. The molecule has 2 heterocycles. The lowest BCUT2D eigenvalue weighted by atomic mass is 10.4. The standard InChI is InChI=1S/C6H5BrN4O/c1-3-4(7)5-6(12)8-2-9-11(5)10-3/h2H,1H3,(H,8,9,12). The number of aromatic amines is 1. The van der Waals surface area contributed by atoms with Gasteiger partial charge in [-0.25, -0.2) is 0 Å². The molecule has 0 radical (unpaired) electrons. The van der Waals surface area contributed by atoms with Crippen LogP contribution in [0, 0.1) is 6.92 Å². The largest absolute Gasteiger partial charge is 0.310 e. The Balaban J connectivity index is 3.07. The Morgan fingerprint density at radius 3 is 3.08 bits per heavy atom. The van der Waals surface area contributed by atoms with E-state index in [1.165, 1.54) is 11.0 Å². The second kappa shape index (κ2) is 2.41. The summed E-state index contributed by atoms with van der Waals surface area (Å²) in [6.45, 7) is 1.80.